The molecule has 0 aromatic heterocycles. The molecule has 2 aromatic rings. The van der Waals surface area contributed by atoms with Gasteiger partial charge in [0.2, 0.25) is 0 Å². The first-order chi connectivity index (χ1) is 14.0. The molecule has 0 aliphatic carbocycles. The first-order valence-electron chi connectivity index (χ1n) is 10.9. The van der Waals surface area contributed by atoms with Gasteiger partial charge in [-0.3, -0.25) is 4.79 Å². The average Bonchev–Trinajstić information content (AvgIpc) is 2.74. The Morgan fingerprint density at radius 3 is 2.31 bits per heavy atom. The van der Waals surface area contributed by atoms with E-state index < -0.39 is 6.17 Å². The molecule has 2 aromatic carbocycles. The highest BCUT2D eigenvalue weighted by Gasteiger charge is 2.24. The molecule has 2 aliphatic rings. The number of hydrogen-bond donors (Lipinski definition) is 0. The predicted octanol–water partition coefficient (Wildman–Crippen LogP) is 4.67. The quantitative estimate of drug-likeness (QED) is 0.751. The normalized spacial score (nSPS) is 19.8. The summed E-state index contributed by atoms with van der Waals surface area (Å²) in [5.74, 6) is 0.889. The number of hydrogen-bond acceptors (Lipinski definition) is 3. The first kappa shape index (κ1) is 20.1. The summed E-state index contributed by atoms with van der Waals surface area (Å²) in [6, 6.07) is 12.5. The fourth-order valence-electron chi connectivity index (χ4n) is 4.37. The van der Waals surface area contributed by atoms with Crippen molar-refractivity contribution in [3.63, 3.8) is 0 Å². The van der Waals surface area contributed by atoms with Gasteiger partial charge in [0.25, 0.3) is 5.91 Å². The van der Waals surface area contributed by atoms with Gasteiger partial charge in [-0.05, 0) is 74.6 Å². The summed E-state index contributed by atoms with van der Waals surface area (Å²) in [7, 11) is 0. The number of likely N-dealkylation sites (tertiary alicyclic amines) is 2. The van der Waals surface area contributed by atoms with E-state index in [1.165, 1.54) is 0 Å². The molecule has 2 heterocycles. The Hall–Kier alpha value is -2.14. The van der Waals surface area contributed by atoms with Crippen LogP contribution in [-0.4, -0.2) is 60.2 Å². The highest BCUT2D eigenvalue weighted by molar-refractivity contribution is 5.98. The van der Waals surface area contributed by atoms with Crippen molar-refractivity contribution in [1.82, 2.24) is 9.80 Å². The van der Waals surface area contributed by atoms with Crippen LogP contribution in [0.1, 0.15) is 49.9 Å². The van der Waals surface area contributed by atoms with E-state index in [1.807, 2.05) is 30.3 Å². The number of alkyl halides is 1. The van der Waals surface area contributed by atoms with Crippen LogP contribution in [0.2, 0.25) is 0 Å². The third-order valence-electron chi connectivity index (χ3n) is 6.28. The number of fused-ring (bicyclic) bond motifs is 1. The lowest BCUT2D eigenvalue weighted by atomic mass is 10.0. The zero-order valence-corrected chi connectivity index (χ0v) is 17.4. The maximum Gasteiger partial charge on any atom is 0.253 e. The van der Waals surface area contributed by atoms with Crippen LogP contribution in [0, 0.1) is 0 Å². The predicted molar refractivity (Wildman–Crippen MR) is 114 cm³/mol. The second kappa shape index (κ2) is 8.70. The van der Waals surface area contributed by atoms with Gasteiger partial charge in [0.05, 0.1) is 0 Å². The minimum Gasteiger partial charge on any atom is -0.490 e. The number of halogens is 1. The van der Waals surface area contributed by atoms with E-state index in [0.29, 0.717) is 37.5 Å². The van der Waals surface area contributed by atoms with Crippen LogP contribution >= 0.6 is 0 Å². The second-order valence-electron chi connectivity index (χ2n) is 8.64. The van der Waals surface area contributed by atoms with Gasteiger partial charge in [-0.25, -0.2) is 4.39 Å². The van der Waals surface area contributed by atoms with Gasteiger partial charge < -0.3 is 14.5 Å². The maximum atomic E-state index is 13.3. The molecule has 2 saturated heterocycles. The molecule has 156 valence electrons. The van der Waals surface area contributed by atoms with Crippen molar-refractivity contribution in [2.75, 3.05) is 26.2 Å². The summed E-state index contributed by atoms with van der Waals surface area (Å²) >= 11 is 0. The average molecular weight is 399 g/mol. The maximum absolute atomic E-state index is 13.3. The van der Waals surface area contributed by atoms with E-state index >= 15 is 0 Å². The number of piperidine rings is 2. The Labute approximate surface area is 172 Å². The molecule has 0 N–H and O–H groups in total. The Morgan fingerprint density at radius 2 is 1.62 bits per heavy atom. The zero-order valence-electron chi connectivity index (χ0n) is 17.4. The number of benzene rings is 2. The number of carbonyl (C=O) groups excluding carboxylic acids is 1. The van der Waals surface area contributed by atoms with E-state index in [2.05, 4.69) is 24.8 Å². The lowest BCUT2D eigenvalue weighted by Crippen LogP contribution is -2.41. The fraction of sp³-hybridized carbons (Fsp3) is 0.542. The van der Waals surface area contributed by atoms with Crippen molar-refractivity contribution in [2.24, 2.45) is 0 Å². The fourth-order valence-corrected chi connectivity index (χ4v) is 4.37. The van der Waals surface area contributed by atoms with E-state index in [1.54, 1.807) is 4.90 Å². The molecular weight excluding hydrogens is 367 g/mol. The Bertz CT molecular complexity index is 853. The number of rotatable bonds is 4. The van der Waals surface area contributed by atoms with Gasteiger partial charge in [-0.15, -0.1) is 0 Å². The second-order valence-corrected chi connectivity index (χ2v) is 8.64. The lowest BCUT2D eigenvalue weighted by molar-refractivity contribution is 0.0667. The molecular formula is C24H31FN2O2. The van der Waals surface area contributed by atoms with Crippen molar-refractivity contribution in [1.29, 1.82) is 0 Å². The topological polar surface area (TPSA) is 32.8 Å². The molecule has 2 fully saturated rings. The highest BCUT2D eigenvalue weighted by Crippen LogP contribution is 2.26. The Morgan fingerprint density at radius 1 is 0.966 bits per heavy atom. The van der Waals surface area contributed by atoms with Crippen molar-refractivity contribution >= 4 is 16.7 Å². The molecule has 2 aliphatic heterocycles. The van der Waals surface area contributed by atoms with Crippen molar-refractivity contribution in [3.8, 4) is 5.75 Å². The molecule has 1 amide bonds. The van der Waals surface area contributed by atoms with Crippen LogP contribution in [-0.2, 0) is 0 Å². The first-order valence-corrected chi connectivity index (χ1v) is 10.9. The summed E-state index contributed by atoms with van der Waals surface area (Å²) in [5.41, 5.74) is 0.671. The molecule has 0 bridgehead atoms. The molecule has 4 nitrogen and oxygen atoms in total. The van der Waals surface area contributed by atoms with Gasteiger partial charge in [-0.2, -0.15) is 0 Å². The lowest BCUT2D eigenvalue weighted by Gasteiger charge is -2.34. The SMILES string of the molecule is CC(C)N1CCC(Oc2ccc3cc(C(=O)N4CCC(F)CC4)ccc3c2)CC1. The Balaban J connectivity index is 1.41. The summed E-state index contributed by atoms with van der Waals surface area (Å²) in [5, 5.41) is 2.10. The van der Waals surface area contributed by atoms with Crippen molar-refractivity contribution in [3.05, 3.63) is 42.0 Å². The van der Waals surface area contributed by atoms with Crippen LogP contribution in [0.3, 0.4) is 0 Å². The minimum absolute atomic E-state index is 0.00367. The standard InChI is InChI=1S/C24H31FN2O2/c1-17(2)26-13-9-22(10-14-26)29-23-6-5-18-15-20(4-3-19(18)16-23)24(28)27-11-7-21(25)8-12-27/h3-6,15-17,21-22H,7-14H2,1-2H3. The van der Waals surface area contributed by atoms with E-state index in [-0.39, 0.29) is 12.0 Å². The van der Waals surface area contributed by atoms with Gasteiger partial charge >= 0.3 is 0 Å². The summed E-state index contributed by atoms with van der Waals surface area (Å²) in [4.78, 5) is 17.0. The van der Waals surface area contributed by atoms with Crippen LogP contribution < -0.4 is 4.74 Å². The monoisotopic (exact) mass is 398 g/mol. The number of carbonyl (C=O) groups is 1. The van der Waals surface area contributed by atoms with Gasteiger partial charge in [0.1, 0.15) is 18.0 Å². The number of amides is 1. The highest BCUT2D eigenvalue weighted by atomic mass is 19.1. The van der Waals surface area contributed by atoms with Gasteiger partial charge in [-0.1, -0.05) is 12.1 Å². The van der Waals surface area contributed by atoms with Crippen molar-refractivity contribution in [2.45, 2.75) is 57.8 Å². The number of ether oxygens (including phenoxy) is 1. The van der Waals surface area contributed by atoms with Gasteiger partial charge in [0.15, 0.2) is 0 Å². The molecule has 0 spiro atoms. The molecule has 5 heteroatoms. The van der Waals surface area contributed by atoms with Crippen LogP contribution in [0.5, 0.6) is 5.75 Å². The number of nitrogens with zero attached hydrogens (tertiary/aromatic N) is 2. The smallest absolute Gasteiger partial charge is 0.253 e. The third-order valence-corrected chi connectivity index (χ3v) is 6.28. The summed E-state index contributed by atoms with van der Waals surface area (Å²) in [6.07, 6.45) is 2.48. The van der Waals surface area contributed by atoms with Crippen LogP contribution in [0.25, 0.3) is 10.8 Å². The van der Waals surface area contributed by atoms with Gasteiger partial charge in [0, 0.05) is 37.8 Å². The third kappa shape index (κ3) is 4.72. The molecule has 0 unspecified atom stereocenters. The molecule has 0 atom stereocenters. The molecule has 4 rings (SSSR count). The van der Waals surface area contributed by atoms with Crippen molar-refractivity contribution < 1.29 is 13.9 Å². The molecule has 0 radical (unpaired) electrons. The van der Waals surface area contributed by atoms with Crippen LogP contribution in [0.4, 0.5) is 4.39 Å². The zero-order chi connectivity index (χ0) is 20.4. The summed E-state index contributed by atoms with van der Waals surface area (Å²) in [6.45, 7) is 7.65. The minimum atomic E-state index is -0.772. The largest absolute Gasteiger partial charge is 0.490 e. The van der Waals surface area contributed by atoms with E-state index in [9.17, 15) is 9.18 Å². The van der Waals surface area contributed by atoms with E-state index in [4.69, 9.17) is 4.74 Å². The Kier molecular flexibility index (Phi) is 6.04. The molecule has 0 saturated carbocycles. The summed E-state index contributed by atoms with van der Waals surface area (Å²) < 4.78 is 19.6. The van der Waals surface area contributed by atoms with E-state index in [0.717, 1.165) is 42.5 Å². The molecule has 29 heavy (non-hydrogen) atoms. The van der Waals surface area contributed by atoms with Crippen LogP contribution in [0.15, 0.2) is 36.4 Å².